The van der Waals surface area contributed by atoms with Crippen molar-refractivity contribution in [3.8, 4) is 0 Å². The fourth-order valence-electron chi connectivity index (χ4n) is 2.00. The number of thioether (sulfide) groups is 1. The number of carboxylic acids is 1. The smallest absolute Gasteiger partial charge is 0.313 e. The van der Waals surface area contributed by atoms with Crippen LogP contribution in [0.5, 0.6) is 0 Å². The molecular weight excluding hydrogens is 308 g/mol. The van der Waals surface area contributed by atoms with Gasteiger partial charge in [-0.2, -0.15) is 0 Å². The van der Waals surface area contributed by atoms with E-state index in [4.69, 9.17) is 16.7 Å². The van der Waals surface area contributed by atoms with Crippen LogP contribution < -0.4 is 0 Å². The largest absolute Gasteiger partial charge is 0.481 e. The summed E-state index contributed by atoms with van der Waals surface area (Å²) in [4.78, 5) is 15.3. The van der Waals surface area contributed by atoms with Gasteiger partial charge in [0.25, 0.3) is 0 Å². The highest BCUT2D eigenvalue weighted by Gasteiger charge is 2.17. The maximum atomic E-state index is 10.8. The fourth-order valence-corrected chi connectivity index (χ4v) is 2.95. The van der Waals surface area contributed by atoms with Gasteiger partial charge in [-0.3, -0.25) is 4.79 Å². The van der Waals surface area contributed by atoms with Gasteiger partial charge in [-0.05, 0) is 24.0 Å². The third kappa shape index (κ3) is 3.71. The van der Waals surface area contributed by atoms with Crippen molar-refractivity contribution < 1.29 is 9.90 Å². The molecule has 1 unspecified atom stereocenters. The van der Waals surface area contributed by atoms with Crippen LogP contribution in [0, 0.1) is 11.8 Å². The molecule has 0 radical (unpaired) electrons. The van der Waals surface area contributed by atoms with Gasteiger partial charge >= 0.3 is 5.97 Å². The molecule has 1 heterocycles. The normalized spacial score (nSPS) is 13.0. The van der Waals surface area contributed by atoms with E-state index in [0.717, 1.165) is 17.6 Å². The predicted octanol–water partition coefficient (Wildman–Crippen LogP) is 4.16. The Morgan fingerprint density at radius 3 is 2.76 bits per heavy atom. The Balaban J connectivity index is 2.44. The molecule has 1 atom stereocenters. The van der Waals surface area contributed by atoms with E-state index in [2.05, 4.69) is 30.3 Å². The third-order valence-electron chi connectivity index (χ3n) is 3.63. The van der Waals surface area contributed by atoms with Gasteiger partial charge in [-0.25, -0.2) is 4.98 Å². The first-order valence-corrected chi connectivity index (χ1v) is 8.25. The molecule has 0 aliphatic heterocycles. The number of imidazole rings is 1. The summed E-state index contributed by atoms with van der Waals surface area (Å²) >= 11 is 7.44. The molecule has 0 fully saturated rings. The second-order valence-corrected chi connectivity index (χ2v) is 6.87. The Hall–Kier alpha value is -1.20. The summed E-state index contributed by atoms with van der Waals surface area (Å²) in [7, 11) is 0. The lowest BCUT2D eigenvalue weighted by molar-refractivity contribution is -0.133. The SMILES string of the molecule is CC(C)C(C)Cn1c(SCC(=O)O)nc2c(Cl)cccc21. The quantitative estimate of drug-likeness (QED) is 0.810. The zero-order valence-corrected chi connectivity index (χ0v) is 13.9. The number of aliphatic carboxylic acids is 1. The van der Waals surface area contributed by atoms with E-state index >= 15 is 0 Å². The van der Waals surface area contributed by atoms with Crippen molar-refractivity contribution in [3.05, 3.63) is 23.2 Å². The Morgan fingerprint density at radius 2 is 2.14 bits per heavy atom. The van der Waals surface area contributed by atoms with Crippen molar-refractivity contribution in [2.24, 2.45) is 11.8 Å². The molecule has 0 spiro atoms. The molecule has 4 nitrogen and oxygen atoms in total. The molecule has 6 heteroatoms. The minimum atomic E-state index is -0.846. The van der Waals surface area contributed by atoms with Gasteiger partial charge in [0.1, 0.15) is 5.52 Å². The summed E-state index contributed by atoms with van der Waals surface area (Å²) in [5, 5.41) is 10.2. The summed E-state index contributed by atoms with van der Waals surface area (Å²) in [6.07, 6.45) is 0. The highest BCUT2D eigenvalue weighted by molar-refractivity contribution is 7.99. The van der Waals surface area contributed by atoms with Gasteiger partial charge in [0.05, 0.1) is 16.3 Å². The first-order chi connectivity index (χ1) is 9.90. The number of nitrogens with zero attached hydrogens (tertiary/aromatic N) is 2. The second kappa shape index (κ2) is 6.71. The summed E-state index contributed by atoms with van der Waals surface area (Å²) in [5.41, 5.74) is 1.70. The number of carboxylic acid groups (broad SMARTS) is 1. The van der Waals surface area contributed by atoms with Gasteiger partial charge in [-0.1, -0.05) is 50.2 Å². The number of hydrogen-bond acceptors (Lipinski definition) is 3. The van der Waals surface area contributed by atoms with E-state index in [9.17, 15) is 4.79 Å². The predicted molar refractivity (Wildman–Crippen MR) is 87.1 cm³/mol. The van der Waals surface area contributed by atoms with E-state index < -0.39 is 5.97 Å². The molecule has 1 aromatic heterocycles. The van der Waals surface area contributed by atoms with Crippen molar-refractivity contribution in [2.45, 2.75) is 32.5 Å². The molecular formula is C15H19ClN2O2S. The highest BCUT2D eigenvalue weighted by atomic mass is 35.5. The fraction of sp³-hybridized carbons (Fsp3) is 0.467. The zero-order valence-electron chi connectivity index (χ0n) is 12.3. The van der Waals surface area contributed by atoms with E-state index in [1.807, 2.05) is 12.1 Å². The van der Waals surface area contributed by atoms with Gasteiger partial charge in [0.2, 0.25) is 0 Å². The topological polar surface area (TPSA) is 55.1 Å². The minimum absolute atomic E-state index is 0.00298. The summed E-state index contributed by atoms with van der Waals surface area (Å²) in [6.45, 7) is 7.35. The molecule has 0 saturated carbocycles. The van der Waals surface area contributed by atoms with Crippen LogP contribution in [0.2, 0.25) is 5.02 Å². The third-order valence-corrected chi connectivity index (χ3v) is 4.89. The molecule has 0 aliphatic carbocycles. The van der Waals surface area contributed by atoms with Crippen molar-refractivity contribution in [2.75, 3.05) is 5.75 Å². The number of rotatable bonds is 6. The standard InChI is InChI=1S/C15H19ClN2O2S/c1-9(2)10(3)7-18-12-6-4-5-11(16)14(12)17-15(18)21-8-13(19)20/h4-6,9-10H,7-8H2,1-3H3,(H,19,20). The molecule has 2 rings (SSSR count). The molecule has 0 amide bonds. The summed E-state index contributed by atoms with van der Waals surface area (Å²) in [6, 6.07) is 5.68. The maximum absolute atomic E-state index is 10.8. The monoisotopic (exact) mass is 326 g/mol. The number of hydrogen-bond donors (Lipinski definition) is 1. The van der Waals surface area contributed by atoms with Crippen LogP contribution in [0.4, 0.5) is 0 Å². The number of halogens is 1. The Bertz CT molecular complexity index is 654. The van der Waals surface area contributed by atoms with E-state index in [0.29, 0.717) is 22.0 Å². The van der Waals surface area contributed by atoms with E-state index in [1.54, 1.807) is 6.07 Å². The van der Waals surface area contributed by atoms with Crippen LogP contribution >= 0.6 is 23.4 Å². The number of fused-ring (bicyclic) bond motifs is 1. The van der Waals surface area contributed by atoms with Crippen molar-refractivity contribution in [1.29, 1.82) is 0 Å². The minimum Gasteiger partial charge on any atom is -0.481 e. The number of benzene rings is 1. The van der Waals surface area contributed by atoms with Crippen molar-refractivity contribution in [3.63, 3.8) is 0 Å². The first kappa shape index (κ1) is 16.2. The molecule has 0 aliphatic rings. The van der Waals surface area contributed by atoms with Crippen LogP contribution in [-0.4, -0.2) is 26.4 Å². The van der Waals surface area contributed by atoms with Gasteiger partial charge in [0.15, 0.2) is 5.16 Å². The van der Waals surface area contributed by atoms with Gasteiger partial charge < -0.3 is 9.67 Å². The Morgan fingerprint density at radius 1 is 1.43 bits per heavy atom. The lowest BCUT2D eigenvalue weighted by Crippen LogP contribution is -2.14. The maximum Gasteiger partial charge on any atom is 0.313 e. The summed E-state index contributed by atoms with van der Waals surface area (Å²) in [5.74, 6) is 0.155. The van der Waals surface area contributed by atoms with Crippen LogP contribution in [-0.2, 0) is 11.3 Å². The molecule has 2 aromatic rings. The van der Waals surface area contributed by atoms with Crippen molar-refractivity contribution in [1.82, 2.24) is 9.55 Å². The highest BCUT2D eigenvalue weighted by Crippen LogP contribution is 2.30. The molecule has 21 heavy (non-hydrogen) atoms. The molecule has 114 valence electrons. The lowest BCUT2D eigenvalue weighted by atomic mass is 9.98. The van der Waals surface area contributed by atoms with E-state index in [1.165, 1.54) is 11.8 Å². The number of carbonyl (C=O) groups is 1. The van der Waals surface area contributed by atoms with Crippen LogP contribution in [0.3, 0.4) is 0 Å². The van der Waals surface area contributed by atoms with E-state index in [-0.39, 0.29) is 5.75 Å². The van der Waals surface area contributed by atoms with Crippen LogP contribution in [0.15, 0.2) is 23.4 Å². The van der Waals surface area contributed by atoms with Gasteiger partial charge in [0, 0.05) is 6.54 Å². The average molecular weight is 327 g/mol. The second-order valence-electron chi connectivity index (χ2n) is 5.52. The first-order valence-electron chi connectivity index (χ1n) is 6.89. The molecule has 1 aromatic carbocycles. The zero-order chi connectivity index (χ0) is 15.6. The molecule has 1 N–H and O–H groups in total. The molecule has 0 bridgehead atoms. The lowest BCUT2D eigenvalue weighted by Gasteiger charge is -2.18. The van der Waals surface area contributed by atoms with Crippen molar-refractivity contribution >= 4 is 40.4 Å². The summed E-state index contributed by atoms with van der Waals surface area (Å²) < 4.78 is 2.08. The van der Waals surface area contributed by atoms with Gasteiger partial charge in [-0.15, -0.1) is 0 Å². The number of para-hydroxylation sites is 1. The Labute approximate surface area is 133 Å². The molecule has 0 saturated heterocycles. The average Bonchev–Trinajstić information content (AvgIpc) is 2.76. The van der Waals surface area contributed by atoms with Crippen LogP contribution in [0.25, 0.3) is 11.0 Å². The Kier molecular flexibility index (Phi) is 5.17. The van der Waals surface area contributed by atoms with Crippen LogP contribution in [0.1, 0.15) is 20.8 Å². The number of aromatic nitrogens is 2.